The Morgan fingerprint density at radius 3 is 2.73 bits per heavy atom. The van der Waals surface area contributed by atoms with Gasteiger partial charge in [0.25, 0.3) is 5.91 Å². The SMILES string of the molecule is NC(=O)c1cccc2cn(-c3ccc([C@]4(F)CNC[C@@H](F)C4)cc3)nc12. The van der Waals surface area contributed by atoms with E-state index < -0.39 is 17.7 Å². The number of carbonyl (C=O) groups excluding carboxylic acids is 1. The molecule has 1 amide bonds. The molecule has 3 aromatic rings. The van der Waals surface area contributed by atoms with Crippen LogP contribution >= 0.6 is 0 Å². The number of rotatable bonds is 3. The fourth-order valence-electron chi connectivity index (χ4n) is 3.43. The molecule has 26 heavy (non-hydrogen) atoms. The molecule has 0 bridgehead atoms. The Bertz CT molecular complexity index is 969. The molecule has 1 fully saturated rings. The second-order valence-corrected chi connectivity index (χ2v) is 6.63. The van der Waals surface area contributed by atoms with Gasteiger partial charge >= 0.3 is 0 Å². The average molecular weight is 356 g/mol. The van der Waals surface area contributed by atoms with E-state index in [1.54, 1.807) is 47.3 Å². The second-order valence-electron chi connectivity index (χ2n) is 6.63. The summed E-state index contributed by atoms with van der Waals surface area (Å²) in [6.07, 6.45) is 0.436. The number of halogens is 2. The lowest BCUT2D eigenvalue weighted by atomic mass is 9.87. The zero-order chi connectivity index (χ0) is 18.3. The second kappa shape index (κ2) is 6.17. The highest BCUT2D eigenvalue weighted by molar-refractivity contribution is 6.04. The van der Waals surface area contributed by atoms with Crippen LogP contribution in [-0.2, 0) is 5.67 Å². The van der Waals surface area contributed by atoms with Gasteiger partial charge in [-0.3, -0.25) is 4.79 Å². The van der Waals surface area contributed by atoms with Crippen LogP contribution in [0, 0.1) is 0 Å². The molecule has 4 rings (SSSR count). The standard InChI is InChI=1S/C19H18F2N4O/c20-14-8-19(21,11-23-9-14)13-4-6-15(7-5-13)25-10-12-2-1-3-16(18(22)26)17(12)24-25/h1-7,10,14,23H,8-9,11H2,(H2,22,26)/t14-,19+/m0/s1. The first-order valence-electron chi connectivity index (χ1n) is 8.39. The van der Waals surface area contributed by atoms with Crippen molar-refractivity contribution in [2.24, 2.45) is 5.73 Å². The van der Waals surface area contributed by atoms with Crippen molar-refractivity contribution in [1.29, 1.82) is 0 Å². The molecule has 0 radical (unpaired) electrons. The molecule has 3 N–H and O–H groups in total. The summed E-state index contributed by atoms with van der Waals surface area (Å²) in [5.74, 6) is -0.541. The quantitative estimate of drug-likeness (QED) is 0.758. The summed E-state index contributed by atoms with van der Waals surface area (Å²) < 4.78 is 30.2. The normalized spacial score (nSPS) is 23.2. The van der Waals surface area contributed by atoms with E-state index in [1.807, 2.05) is 6.07 Å². The number of piperidine rings is 1. The fourth-order valence-corrected chi connectivity index (χ4v) is 3.43. The molecule has 5 nitrogen and oxygen atoms in total. The summed E-state index contributed by atoms with van der Waals surface area (Å²) in [7, 11) is 0. The zero-order valence-corrected chi connectivity index (χ0v) is 14.0. The molecule has 2 heterocycles. The van der Waals surface area contributed by atoms with Crippen LogP contribution in [0.3, 0.4) is 0 Å². The highest BCUT2D eigenvalue weighted by Gasteiger charge is 2.38. The molecule has 134 valence electrons. The number of carbonyl (C=O) groups is 1. The monoisotopic (exact) mass is 356 g/mol. The van der Waals surface area contributed by atoms with Gasteiger partial charge in [0.15, 0.2) is 5.67 Å². The molecule has 0 saturated carbocycles. The third-order valence-corrected chi connectivity index (χ3v) is 4.77. The first-order chi connectivity index (χ1) is 12.5. The highest BCUT2D eigenvalue weighted by Crippen LogP contribution is 2.34. The molecular weight excluding hydrogens is 338 g/mol. The Kier molecular flexibility index (Phi) is 3.96. The molecule has 1 aliphatic heterocycles. The van der Waals surface area contributed by atoms with Crippen molar-refractivity contribution >= 4 is 16.8 Å². The summed E-state index contributed by atoms with van der Waals surface area (Å²) in [4.78, 5) is 11.5. The van der Waals surface area contributed by atoms with Crippen molar-refractivity contribution in [2.75, 3.05) is 13.1 Å². The number of nitrogens with zero attached hydrogens (tertiary/aromatic N) is 2. The molecule has 0 spiro atoms. The molecule has 0 aliphatic carbocycles. The van der Waals surface area contributed by atoms with Crippen LogP contribution in [-0.4, -0.2) is 34.9 Å². The molecule has 2 atom stereocenters. The van der Waals surface area contributed by atoms with E-state index in [9.17, 15) is 9.18 Å². The van der Waals surface area contributed by atoms with Crippen molar-refractivity contribution in [3.05, 3.63) is 59.8 Å². The minimum atomic E-state index is -1.72. The van der Waals surface area contributed by atoms with E-state index in [0.717, 1.165) is 5.39 Å². The van der Waals surface area contributed by atoms with E-state index in [0.29, 0.717) is 22.3 Å². The van der Waals surface area contributed by atoms with Crippen LogP contribution in [0.4, 0.5) is 8.78 Å². The van der Waals surface area contributed by atoms with Gasteiger partial charge in [0.2, 0.25) is 0 Å². The van der Waals surface area contributed by atoms with Gasteiger partial charge < -0.3 is 11.1 Å². The molecule has 7 heteroatoms. The van der Waals surface area contributed by atoms with E-state index in [1.165, 1.54) is 0 Å². The number of amides is 1. The van der Waals surface area contributed by atoms with E-state index >= 15 is 4.39 Å². The van der Waals surface area contributed by atoms with Crippen LogP contribution in [0.25, 0.3) is 16.6 Å². The Hall–Kier alpha value is -2.80. The van der Waals surface area contributed by atoms with Crippen LogP contribution in [0.1, 0.15) is 22.3 Å². The number of benzene rings is 2. The van der Waals surface area contributed by atoms with Crippen LogP contribution < -0.4 is 11.1 Å². The van der Waals surface area contributed by atoms with Crippen molar-refractivity contribution in [2.45, 2.75) is 18.3 Å². The number of fused-ring (bicyclic) bond motifs is 1. The van der Waals surface area contributed by atoms with Crippen LogP contribution in [0.15, 0.2) is 48.7 Å². The number of primary amides is 1. The van der Waals surface area contributed by atoms with E-state index in [2.05, 4.69) is 10.4 Å². The average Bonchev–Trinajstić information content (AvgIpc) is 3.05. The minimum absolute atomic E-state index is 0.0976. The first kappa shape index (κ1) is 16.7. The third kappa shape index (κ3) is 2.84. The smallest absolute Gasteiger partial charge is 0.250 e. The molecule has 1 aromatic heterocycles. The predicted molar refractivity (Wildman–Crippen MR) is 94.8 cm³/mol. The van der Waals surface area contributed by atoms with Gasteiger partial charge in [-0.05, 0) is 23.8 Å². The Balaban J connectivity index is 1.68. The van der Waals surface area contributed by atoms with Gasteiger partial charge in [0.05, 0.1) is 11.3 Å². The lowest BCUT2D eigenvalue weighted by molar-refractivity contribution is 0.0711. The number of nitrogens with one attached hydrogen (secondary N) is 1. The summed E-state index contributed by atoms with van der Waals surface area (Å²) in [5.41, 5.74) is 5.69. The fraction of sp³-hybridized carbons (Fsp3) is 0.263. The number of nitrogens with two attached hydrogens (primary N) is 1. The van der Waals surface area contributed by atoms with Crippen molar-refractivity contribution < 1.29 is 13.6 Å². The first-order valence-corrected chi connectivity index (χ1v) is 8.39. The number of aromatic nitrogens is 2. The van der Waals surface area contributed by atoms with Crippen molar-refractivity contribution in [1.82, 2.24) is 15.1 Å². The Labute approximate surface area is 148 Å². The lowest BCUT2D eigenvalue weighted by Gasteiger charge is -2.32. The van der Waals surface area contributed by atoms with Crippen molar-refractivity contribution in [3.8, 4) is 5.69 Å². The number of hydrogen-bond acceptors (Lipinski definition) is 3. The van der Waals surface area contributed by atoms with Crippen LogP contribution in [0.5, 0.6) is 0 Å². The maximum absolute atomic E-state index is 15.0. The maximum atomic E-state index is 15.0. The molecule has 0 unspecified atom stereocenters. The van der Waals surface area contributed by atoms with Gasteiger partial charge in [-0.1, -0.05) is 24.3 Å². The van der Waals surface area contributed by atoms with Gasteiger partial charge in [0, 0.05) is 31.1 Å². The van der Waals surface area contributed by atoms with Gasteiger partial charge in [-0.15, -0.1) is 0 Å². The lowest BCUT2D eigenvalue weighted by Crippen LogP contribution is -2.45. The highest BCUT2D eigenvalue weighted by atomic mass is 19.2. The zero-order valence-electron chi connectivity index (χ0n) is 14.0. The van der Waals surface area contributed by atoms with Crippen LogP contribution in [0.2, 0.25) is 0 Å². The molecule has 2 aromatic carbocycles. The van der Waals surface area contributed by atoms with Crippen molar-refractivity contribution in [3.63, 3.8) is 0 Å². The van der Waals surface area contributed by atoms with Gasteiger partial charge in [-0.25, -0.2) is 13.5 Å². The number of alkyl halides is 2. The Morgan fingerprint density at radius 1 is 1.27 bits per heavy atom. The summed E-state index contributed by atoms with van der Waals surface area (Å²) in [6, 6.07) is 12.0. The van der Waals surface area contributed by atoms with Gasteiger partial charge in [0.1, 0.15) is 11.7 Å². The third-order valence-electron chi connectivity index (χ3n) is 4.77. The Morgan fingerprint density at radius 2 is 2.04 bits per heavy atom. The maximum Gasteiger partial charge on any atom is 0.250 e. The minimum Gasteiger partial charge on any atom is -0.366 e. The summed E-state index contributed by atoms with van der Waals surface area (Å²) in [6.45, 7) is 0.284. The predicted octanol–water partition coefficient (Wildman–Crippen LogP) is 2.62. The number of hydrogen-bond donors (Lipinski definition) is 2. The molecular formula is C19H18F2N4O. The molecule has 1 aliphatic rings. The summed E-state index contributed by atoms with van der Waals surface area (Å²) >= 11 is 0. The topological polar surface area (TPSA) is 72.9 Å². The molecule has 1 saturated heterocycles. The largest absolute Gasteiger partial charge is 0.366 e. The van der Waals surface area contributed by atoms with E-state index in [4.69, 9.17) is 5.73 Å². The van der Waals surface area contributed by atoms with E-state index in [-0.39, 0.29) is 19.5 Å². The summed E-state index contributed by atoms with van der Waals surface area (Å²) in [5, 5.41) is 8.00. The van der Waals surface area contributed by atoms with Gasteiger partial charge in [-0.2, -0.15) is 5.10 Å².